The molecule has 1 aromatic rings. The van der Waals surface area contributed by atoms with Gasteiger partial charge in [0.25, 0.3) is 5.91 Å². The van der Waals surface area contributed by atoms with Gasteiger partial charge in [-0.15, -0.1) is 11.3 Å². The minimum Gasteiger partial charge on any atom is -0.481 e. The number of carboxylic acids is 1. The molecule has 0 aliphatic heterocycles. The van der Waals surface area contributed by atoms with Gasteiger partial charge >= 0.3 is 5.97 Å². The van der Waals surface area contributed by atoms with E-state index in [2.05, 4.69) is 10.6 Å². The molecule has 0 aliphatic carbocycles. The van der Waals surface area contributed by atoms with Gasteiger partial charge in [0.2, 0.25) is 5.91 Å². The molecule has 2 unspecified atom stereocenters. The fourth-order valence-electron chi connectivity index (χ4n) is 1.54. The summed E-state index contributed by atoms with van der Waals surface area (Å²) in [5.74, 6) is -1.72. The monoisotopic (exact) mass is 314 g/mol. The maximum atomic E-state index is 11.8. The average Bonchev–Trinajstić information content (AvgIpc) is 2.96. The van der Waals surface area contributed by atoms with Gasteiger partial charge in [0.15, 0.2) is 0 Å². The minimum atomic E-state index is -1.00. The van der Waals surface area contributed by atoms with Crippen LogP contribution in [0.5, 0.6) is 0 Å². The molecule has 0 radical (unpaired) electrons. The molecule has 21 heavy (non-hydrogen) atoms. The van der Waals surface area contributed by atoms with Crippen LogP contribution in [0.3, 0.4) is 0 Å². The zero-order chi connectivity index (χ0) is 15.8. The highest BCUT2D eigenvalue weighted by Gasteiger charge is 2.19. The summed E-state index contributed by atoms with van der Waals surface area (Å²) < 4.78 is 4.95. The first kappa shape index (κ1) is 17.1. The van der Waals surface area contributed by atoms with Gasteiger partial charge in [-0.1, -0.05) is 6.07 Å². The molecule has 2 amide bonds. The van der Waals surface area contributed by atoms with Crippen LogP contribution in [-0.4, -0.2) is 48.7 Å². The summed E-state index contributed by atoms with van der Waals surface area (Å²) in [5.41, 5.74) is 0. The predicted molar refractivity (Wildman–Crippen MR) is 77.3 cm³/mol. The number of amides is 2. The largest absolute Gasteiger partial charge is 0.481 e. The molecule has 3 N–H and O–H groups in total. The third-order valence-electron chi connectivity index (χ3n) is 2.73. The Morgan fingerprint density at radius 2 is 2.14 bits per heavy atom. The molecule has 0 aromatic carbocycles. The number of carboxylic acid groups (broad SMARTS) is 1. The van der Waals surface area contributed by atoms with Gasteiger partial charge < -0.3 is 20.5 Å². The van der Waals surface area contributed by atoms with Crippen LogP contribution in [0.15, 0.2) is 17.5 Å². The lowest BCUT2D eigenvalue weighted by Gasteiger charge is -2.17. The molecule has 2 atom stereocenters. The van der Waals surface area contributed by atoms with E-state index in [0.717, 1.165) is 0 Å². The van der Waals surface area contributed by atoms with Gasteiger partial charge in [0.1, 0.15) is 6.04 Å². The number of rotatable bonds is 8. The number of hydrogen-bond donors (Lipinski definition) is 3. The van der Waals surface area contributed by atoms with E-state index in [1.54, 1.807) is 24.4 Å². The van der Waals surface area contributed by atoms with E-state index in [0.29, 0.717) is 4.88 Å². The second-order valence-corrected chi connectivity index (χ2v) is 5.32. The number of carbonyl (C=O) groups is 3. The summed E-state index contributed by atoms with van der Waals surface area (Å²) >= 11 is 1.28. The third kappa shape index (κ3) is 5.92. The fourth-order valence-corrected chi connectivity index (χ4v) is 2.17. The van der Waals surface area contributed by atoms with Crippen molar-refractivity contribution >= 4 is 29.1 Å². The zero-order valence-electron chi connectivity index (χ0n) is 11.8. The Kier molecular flexibility index (Phi) is 6.83. The lowest BCUT2D eigenvalue weighted by Crippen LogP contribution is -2.46. The summed E-state index contributed by atoms with van der Waals surface area (Å²) in [7, 11) is 1.38. The normalized spacial score (nSPS) is 13.2. The van der Waals surface area contributed by atoms with Crippen LogP contribution in [-0.2, 0) is 14.3 Å². The van der Waals surface area contributed by atoms with Gasteiger partial charge in [-0.05, 0) is 18.4 Å². The SMILES string of the molecule is COC(CNC(=O)C(C)NC(=O)c1cccs1)CC(=O)O. The van der Waals surface area contributed by atoms with E-state index < -0.39 is 24.0 Å². The van der Waals surface area contributed by atoms with Crippen LogP contribution in [0.25, 0.3) is 0 Å². The molecule has 0 spiro atoms. The summed E-state index contributed by atoms with van der Waals surface area (Å²) in [5, 5.41) is 15.6. The predicted octanol–water partition coefficient (Wildman–Crippen LogP) is 0.472. The van der Waals surface area contributed by atoms with Crippen molar-refractivity contribution in [1.29, 1.82) is 0 Å². The van der Waals surface area contributed by atoms with Crippen LogP contribution in [0.1, 0.15) is 23.0 Å². The summed E-state index contributed by atoms with van der Waals surface area (Å²) in [6.07, 6.45) is -0.807. The van der Waals surface area contributed by atoms with Crippen LogP contribution in [0, 0.1) is 0 Å². The van der Waals surface area contributed by atoms with Crippen LogP contribution in [0.2, 0.25) is 0 Å². The Morgan fingerprint density at radius 1 is 1.43 bits per heavy atom. The number of carbonyl (C=O) groups excluding carboxylic acids is 2. The number of methoxy groups -OCH3 is 1. The zero-order valence-corrected chi connectivity index (χ0v) is 12.6. The molecule has 116 valence electrons. The van der Waals surface area contributed by atoms with Crippen molar-refractivity contribution in [2.45, 2.75) is 25.5 Å². The highest BCUT2D eigenvalue weighted by molar-refractivity contribution is 7.12. The average molecular weight is 314 g/mol. The molecule has 1 heterocycles. The molecule has 8 heteroatoms. The summed E-state index contributed by atoms with van der Waals surface area (Å²) in [4.78, 5) is 34.7. The second kappa shape index (κ2) is 8.38. The second-order valence-electron chi connectivity index (χ2n) is 4.37. The smallest absolute Gasteiger partial charge is 0.306 e. The van der Waals surface area contributed by atoms with Crippen LogP contribution in [0.4, 0.5) is 0 Å². The van der Waals surface area contributed by atoms with Crippen molar-refractivity contribution in [2.24, 2.45) is 0 Å². The van der Waals surface area contributed by atoms with Crippen molar-refractivity contribution in [1.82, 2.24) is 10.6 Å². The van der Waals surface area contributed by atoms with Crippen LogP contribution < -0.4 is 10.6 Å². The first-order chi connectivity index (χ1) is 9.93. The fraction of sp³-hybridized carbons (Fsp3) is 0.462. The molecule has 0 fully saturated rings. The highest BCUT2D eigenvalue weighted by atomic mass is 32.1. The van der Waals surface area contributed by atoms with Gasteiger partial charge in [-0.25, -0.2) is 0 Å². The van der Waals surface area contributed by atoms with Gasteiger partial charge in [-0.2, -0.15) is 0 Å². The molecule has 0 aliphatic rings. The molecule has 0 saturated carbocycles. The van der Waals surface area contributed by atoms with E-state index in [1.807, 2.05) is 0 Å². The molecular weight excluding hydrogens is 296 g/mol. The maximum absolute atomic E-state index is 11.8. The number of nitrogens with one attached hydrogen (secondary N) is 2. The quantitative estimate of drug-likeness (QED) is 0.647. The number of hydrogen-bond acceptors (Lipinski definition) is 5. The number of ether oxygens (including phenoxy) is 1. The Bertz CT molecular complexity index is 489. The minimum absolute atomic E-state index is 0.0703. The van der Waals surface area contributed by atoms with Crippen molar-refractivity contribution < 1.29 is 24.2 Å². The van der Waals surface area contributed by atoms with Gasteiger partial charge in [-0.3, -0.25) is 14.4 Å². The van der Waals surface area contributed by atoms with Crippen LogP contribution >= 0.6 is 11.3 Å². The van der Waals surface area contributed by atoms with E-state index in [1.165, 1.54) is 18.4 Å². The molecule has 0 bridgehead atoms. The van der Waals surface area contributed by atoms with E-state index >= 15 is 0 Å². The van der Waals surface area contributed by atoms with E-state index in [-0.39, 0.29) is 18.9 Å². The number of thiophene rings is 1. The van der Waals surface area contributed by atoms with Crippen molar-refractivity contribution in [2.75, 3.05) is 13.7 Å². The standard InChI is InChI=1S/C13H18N2O5S/c1-8(15-13(19)10-4-3-5-21-10)12(18)14-7-9(20-2)6-11(16)17/h3-5,8-9H,6-7H2,1-2H3,(H,14,18)(H,15,19)(H,16,17). The van der Waals surface area contributed by atoms with E-state index in [9.17, 15) is 14.4 Å². The Balaban J connectivity index is 2.40. The first-order valence-electron chi connectivity index (χ1n) is 6.30. The van der Waals surface area contributed by atoms with Crippen molar-refractivity contribution in [3.05, 3.63) is 22.4 Å². The van der Waals surface area contributed by atoms with Crippen molar-refractivity contribution in [3.63, 3.8) is 0 Å². The Hall–Kier alpha value is -1.93. The molecular formula is C13H18N2O5S. The molecule has 0 saturated heterocycles. The highest BCUT2D eigenvalue weighted by Crippen LogP contribution is 2.08. The van der Waals surface area contributed by atoms with Gasteiger partial charge in [0, 0.05) is 13.7 Å². The number of aliphatic carboxylic acids is 1. The third-order valence-corrected chi connectivity index (χ3v) is 3.59. The lowest BCUT2D eigenvalue weighted by atomic mass is 10.2. The Morgan fingerprint density at radius 3 is 2.67 bits per heavy atom. The van der Waals surface area contributed by atoms with E-state index in [4.69, 9.17) is 9.84 Å². The first-order valence-corrected chi connectivity index (χ1v) is 7.18. The Labute approximate surface area is 126 Å². The molecule has 1 aromatic heterocycles. The molecule has 1 rings (SSSR count). The molecule has 7 nitrogen and oxygen atoms in total. The van der Waals surface area contributed by atoms with Crippen molar-refractivity contribution in [3.8, 4) is 0 Å². The summed E-state index contributed by atoms with van der Waals surface area (Å²) in [6.45, 7) is 1.63. The lowest BCUT2D eigenvalue weighted by molar-refractivity contribution is -0.140. The maximum Gasteiger partial charge on any atom is 0.306 e. The summed E-state index contributed by atoms with van der Waals surface area (Å²) in [6, 6.07) is 2.69. The topological polar surface area (TPSA) is 105 Å². The van der Waals surface area contributed by atoms with Gasteiger partial charge in [0.05, 0.1) is 17.4 Å².